The molecule has 4 rings (SSSR count). The molecule has 0 aliphatic carbocycles. The Morgan fingerprint density at radius 2 is 1.91 bits per heavy atom. The molecule has 1 aliphatic heterocycles. The van der Waals surface area contributed by atoms with E-state index in [1.807, 2.05) is 47.4 Å². The number of carbonyl (C=O) groups is 2. The molecule has 1 aliphatic rings. The summed E-state index contributed by atoms with van der Waals surface area (Å²) in [6, 6.07) is 18.1. The largest absolute Gasteiger partial charge is 0.492 e. The van der Waals surface area contributed by atoms with Gasteiger partial charge in [0.25, 0.3) is 5.91 Å². The highest BCUT2D eigenvalue weighted by Crippen LogP contribution is 2.25. The molecule has 0 atom stereocenters. The number of para-hydroxylation sites is 1. The van der Waals surface area contributed by atoms with Crippen LogP contribution in [0.25, 0.3) is 0 Å². The second kappa shape index (κ2) is 12.5. The van der Waals surface area contributed by atoms with E-state index in [9.17, 15) is 9.59 Å². The first-order valence-corrected chi connectivity index (χ1v) is 12.9. The number of pyridine rings is 1. The van der Waals surface area contributed by atoms with Crippen LogP contribution < -0.4 is 15.0 Å². The Hall–Kier alpha value is -3.23. The third kappa shape index (κ3) is 7.13. The number of hydrogen-bond donors (Lipinski definition) is 1. The Morgan fingerprint density at radius 1 is 1.11 bits per heavy atom. The fourth-order valence-electron chi connectivity index (χ4n) is 3.69. The number of aromatic nitrogens is 1. The average molecular weight is 511 g/mol. The summed E-state index contributed by atoms with van der Waals surface area (Å²) in [5.41, 5.74) is 2.08. The topological polar surface area (TPSA) is 74.8 Å². The monoisotopic (exact) mass is 510 g/mol. The van der Waals surface area contributed by atoms with Gasteiger partial charge in [-0.15, -0.1) is 11.8 Å². The van der Waals surface area contributed by atoms with Crippen molar-refractivity contribution in [3.63, 3.8) is 0 Å². The van der Waals surface area contributed by atoms with Crippen LogP contribution in [0.4, 0.5) is 11.4 Å². The lowest BCUT2D eigenvalue weighted by atomic mass is 10.1. The second-order valence-electron chi connectivity index (χ2n) is 7.92. The summed E-state index contributed by atoms with van der Waals surface area (Å²) in [6.45, 7) is 2.00. The average Bonchev–Trinajstić information content (AvgIpc) is 3.43. The molecular formula is C26H27ClN4O3S. The summed E-state index contributed by atoms with van der Waals surface area (Å²) in [7, 11) is 0. The van der Waals surface area contributed by atoms with Gasteiger partial charge in [-0.05, 0) is 42.5 Å². The predicted octanol–water partition coefficient (Wildman–Crippen LogP) is 4.80. The van der Waals surface area contributed by atoms with E-state index in [1.165, 1.54) is 0 Å². The van der Waals surface area contributed by atoms with E-state index in [4.69, 9.17) is 16.3 Å². The molecule has 35 heavy (non-hydrogen) atoms. The maximum Gasteiger partial charge on any atom is 0.258 e. The number of carbonyl (C=O) groups excluding carboxylic acids is 2. The SMILES string of the molecule is O=C(CCN(C(=O)c1cc(Cl)cc(OCCNc2ccncc2)c1)c1ccccc1)N1CCSC1. The number of hydrogen-bond acceptors (Lipinski definition) is 6. The van der Waals surface area contributed by atoms with E-state index in [0.717, 1.165) is 23.7 Å². The summed E-state index contributed by atoms with van der Waals surface area (Å²) < 4.78 is 5.85. The van der Waals surface area contributed by atoms with Crippen molar-refractivity contribution in [2.24, 2.45) is 0 Å². The van der Waals surface area contributed by atoms with Crippen LogP contribution in [0.3, 0.4) is 0 Å². The fourth-order valence-corrected chi connectivity index (χ4v) is 4.89. The lowest BCUT2D eigenvalue weighted by Gasteiger charge is -2.24. The normalized spacial score (nSPS) is 12.9. The first-order valence-electron chi connectivity index (χ1n) is 11.4. The van der Waals surface area contributed by atoms with Crippen LogP contribution >= 0.6 is 23.4 Å². The van der Waals surface area contributed by atoms with Crippen molar-refractivity contribution in [2.45, 2.75) is 6.42 Å². The van der Waals surface area contributed by atoms with Crippen LogP contribution in [0.5, 0.6) is 5.75 Å². The molecule has 0 saturated carbocycles. The van der Waals surface area contributed by atoms with E-state index < -0.39 is 0 Å². The van der Waals surface area contributed by atoms with Gasteiger partial charge in [-0.1, -0.05) is 29.8 Å². The molecule has 1 aromatic heterocycles. The number of rotatable bonds is 10. The minimum atomic E-state index is -0.234. The lowest BCUT2D eigenvalue weighted by Crippen LogP contribution is -2.36. The predicted molar refractivity (Wildman–Crippen MR) is 141 cm³/mol. The molecule has 3 aromatic rings. The Morgan fingerprint density at radius 3 is 2.66 bits per heavy atom. The third-order valence-corrected chi connectivity index (χ3v) is 6.65. The second-order valence-corrected chi connectivity index (χ2v) is 9.43. The van der Waals surface area contributed by atoms with Crippen molar-refractivity contribution in [3.8, 4) is 5.75 Å². The zero-order valence-corrected chi connectivity index (χ0v) is 20.8. The molecule has 1 fully saturated rings. The molecule has 2 amide bonds. The quantitative estimate of drug-likeness (QED) is 0.395. The smallest absolute Gasteiger partial charge is 0.258 e. The summed E-state index contributed by atoms with van der Waals surface area (Å²) >= 11 is 8.07. The first-order chi connectivity index (χ1) is 17.1. The van der Waals surface area contributed by atoms with Crippen molar-refractivity contribution >= 4 is 46.6 Å². The Kier molecular flexibility index (Phi) is 8.86. The van der Waals surface area contributed by atoms with Gasteiger partial charge < -0.3 is 19.9 Å². The molecule has 182 valence electrons. The molecule has 7 nitrogen and oxygen atoms in total. The maximum absolute atomic E-state index is 13.6. The van der Waals surface area contributed by atoms with Crippen LogP contribution in [0, 0.1) is 0 Å². The molecule has 0 bridgehead atoms. The van der Waals surface area contributed by atoms with Gasteiger partial charge in [0.15, 0.2) is 0 Å². The molecule has 2 aromatic carbocycles. The highest BCUT2D eigenvalue weighted by Gasteiger charge is 2.23. The van der Waals surface area contributed by atoms with Crippen LogP contribution in [0.2, 0.25) is 5.02 Å². The Bertz CT molecular complexity index is 1130. The maximum atomic E-state index is 13.6. The van der Waals surface area contributed by atoms with Gasteiger partial charge in [0.2, 0.25) is 5.91 Å². The molecule has 0 unspecified atom stereocenters. The molecule has 0 spiro atoms. The van der Waals surface area contributed by atoms with Crippen LogP contribution in [-0.4, -0.2) is 59.6 Å². The summed E-state index contributed by atoms with van der Waals surface area (Å²) in [5, 5.41) is 3.65. The fraction of sp³-hybridized carbons (Fsp3) is 0.269. The van der Waals surface area contributed by atoms with Gasteiger partial charge in [0.05, 0.1) is 5.88 Å². The van der Waals surface area contributed by atoms with E-state index in [1.54, 1.807) is 47.3 Å². The van der Waals surface area contributed by atoms with E-state index in [0.29, 0.717) is 35.4 Å². The zero-order valence-electron chi connectivity index (χ0n) is 19.2. The Balaban J connectivity index is 1.43. The van der Waals surface area contributed by atoms with Crippen molar-refractivity contribution < 1.29 is 14.3 Å². The number of ether oxygens (including phenoxy) is 1. The number of anilines is 2. The van der Waals surface area contributed by atoms with Crippen molar-refractivity contribution in [2.75, 3.05) is 48.1 Å². The van der Waals surface area contributed by atoms with Crippen molar-refractivity contribution in [1.82, 2.24) is 9.88 Å². The van der Waals surface area contributed by atoms with Crippen LogP contribution in [-0.2, 0) is 4.79 Å². The molecule has 0 radical (unpaired) electrons. The van der Waals surface area contributed by atoms with Gasteiger partial charge >= 0.3 is 0 Å². The first kappa shape index (κ1) is 24.9. The van der Waals surface area contributed by atoms with Gasteiger partial charge in [-0.3, -0.25) is 14.6 Å². The highest BCUT2D eigenvalue weighted by atomic mass is 35.5. The number of benzene rings is 2. The van der Waals surface area contributed by atoms with Crippen molar-refractivity contribution in [1.29, 1.82) is 0 Å². The van der Waals surface area contributed by atoms with Gasteiger partial charge in [0, 0.05) is 66.2 Å². The number of nitrogens with one attached hydrogen (secondary N) is 1. The summed E-state index contributed by atoms with van der Waals surface area (Å²) in [5.74, 6) is 2.00. The highest BCUT2D eigenvalue weighted by molar-refractivity contribution is 7.99. The van der Waals surface area contributed by atoms with Gasteiger partial charge in [-0.25, -0.2) is 0 Å². The van der Waals surface area contributed by atoms with Crippen molar-refractivity contribution in [3.05, 3.63) is 83.6 Å². The number of thioether (sulfide) groups is 1. The lowest BCUT2D eigenvalue weighted by molar-refractivity contribution is -0.129. The van der Waals surface area contributed by atoms with E-state index in [-0.39, 0.29) is 24.8 Å². The van der Waals surface area contributed by atoms with Crippen LogP contribution in [0.15, 0.2) is 73.1 Å². The van der Waals surface area contributed by atoms with E-state index in [2.05, 4.69) is 10.3 Å². The van der Waals surface area contributed by atoms with Crippen LogP contribution in [0.1, 0.15) is 16.8 Å². The summed E-state index contributed by atoms with van der Waals surface area (Å²) in [4.78, 5) is 33.6. The summed E-state index contributed by atoms with van der Waals surface area (Å²) in [6.07, 6.45) is 3.69. The third-order valence-electron chi connectivity index (χ3n) is 5.47. The Labute approximate surface area is 214 Å². The molecule has 1 saturated heterocycles. The minimum absolute atomic E-state index is 0.0561. The molecule has 2 heterocycles. The number of amides is 2. The number of nitrogens with zero attached hydrogens (tertiary/aromatic N) is 3. The standard InChI is InChI=1S/C26H27ClN4O3S/c27-21-16-20(17-24(18-21)34-14-11-29-22-6-9-28-10-7-22)26(33)31(23-4-2-1-3-5-23)12-8-25(32)30-13-15-35-19-30/h1-7,9-10,16-18H,8,11-15,19H2,(H,28,29). The molecule has 9 heteroatoms. The van der Waals surface area contributed by atoms with Gasteiger partial charge in [-0.2, -0.15) is 0 Å². The zero-order chi connectivity index (χ0) is 24.5. The van der Waals surface area contributed by atoms with E-state index >= 15 is 0 Å². The van der Waals surface area contributed by atoms with Gasteiger partial charge in [0.1, 0.15) is 12.4 Å². The number of halogens is 1. The molecular weight excluding hydrogens is 484 g/mol. The molecule has 1 N–H and O–H groups in total. The minimum Gasteiger partial charge on any atom is -0.492 e.